The Morgan fingerprint density at radius 1 is 1.07 bits per heavy atom. The molecule has 146 valence electrons. The quantitative estimate of drug-likeness (QED) is 0.625. The zero-order chi connectivity index (χ0) is 19.6. The fourth-order valence-electron chi connectivity index (χ4n) is 2.94. The Hall–Kier alpha value is -2.27. The summed E-state index contributed by atoms with van der Waals surface area (Å²) in [6, 6.07) is 8.29. The Bertz CT molecular complexity index is 763. The second-order valence-electron chi connectivity index (χ2n) is 6.10. The summed E-state index contributed by atoms with van der Waals surface area (Å²) >= 11 is 0. The van der Waals surface area contributed by atoms with Crippen LogP contribution in [-0.2, 0) is 10.9 Å². The molecule has 4 N–H and O–H groups in total. The summed E-state index contributed by atoms with van der Waals surface area (Å²) in [5, 5.41) is 32.6. The van der Waals surface area contributed by atoms with Crippen LogP contribution in [0.1, 0.15) is 17.4 Å². The number of nitrogens with zero attached hydrogens (tertiary/aromatic N) is 2. The van der Waals surface area contributed by atoms with E-state index in [0.717, 1.165) is 12.3 Å². The summed E-state index contributed by atoms with van der Waals surface area (Å²) in [7, 11) is 0. The van der Waals surface area contributed by atoms with Gasteiger partial charge in [-0.3, -0.25) is 0 Å². The van der Waals surface area contributed by atoms with E-state index in [1.165, 1.54) is 0 Å². The highest BCUT2D eigenvalue weighted by molar-refractivity contribution is 5.32. The minimum atomic E-state index is -4.65. The van der Waals surface area contributed by atoms with Crippen LogP contribution in [0.25, 0.3) is 0 Å². The van der Waals surface area contributed by atoms with E-state index in [2.05, 4.69) is 15.3 Å². The molecule has 10 heteroatoms. The van der Waals surface area contributed by atoms with Gasteiger partial charge >= 0.3 is 6.18 Å². The molecule has 5 atom stereocenters. The highest BCUT2D eigenvalue weighted by Gasteiger charge is 2.45. The van der Waals surface area contributed by atoms with Gasteiger partial charge in [0.15, 0.2) is 0 Å². The number of aliphatic hydroxyl groups is 3. The van der Waals surface area contributed by atoms with Crippen molar-refractivity contribution in [3.63, 3.8) is 0 Å². The normalized spacial score (nSPS) is 28.7. The minimum Gasteiger partial charge on any atom is -0.394 e. The average Bonchev–Trinajstić information content (AvgIpc) is 2.66. The molecule has 2 aromatic rings. The first kappa shape index (κ1) is 19.5. The number of alkyl halides is 3. The first-order valence-electron chi connectivity index (χ1n) is 8.15. The molecule has 1 fully saturated rings. The van der Waals surface area contributed by atoms with Crippen LogP contribution < -0.4 is 5.32 Å². The Balaban J connectivity index is 1.92. The lowest BCUT2D eigenvalue weighted by molar-refractivity contribution is -0.187. The number of anilines is 1. The summed E-state index contributed by atoms with van der Waals surface area (Å²) in [6.45, 7) is -0.533. The fourth-order valence-corrected chi connectivity index (χ4v) is 2.94. The number of nitrogens with one attached hydrogen (secondary N) is 1. The third-order valence-electron chi connectivity index (χ3n) is 4.30. The number of aromatic nitrogens is 2. The van der Waals surface area contributed by atoms with Crippen molar-refractivity contribution in [2.45, 2.75) is 36.6 Å². The van der Waals surface area contributed by atoms with Crippen LogP contribution in [0.15, 0.2) is 42.6 Å². The van der Waals surface area contributed by atoms with Crippen LogP contribution in [0.3, 0.4) is 0 Å². The summed E-state index contributed by atoms with van der Waals surface area (Å²) in [5.74, 6) is -0.368. The summed E-state index contributed by atoms with van der Waals surface area (Å²) in [4.78, 5) is 7.17. The molecule has 0 radical (unpaired) electrons. The predicted molar refractivity (Wildman–Crippen MR) is 87.6 cm³/mol. The van der Waals surface area contributed by atoms with E-state index in [4.69, 9.17) is 4.74 Å². The van der Waals surface area contributed by atoms with Crippen LogP contribution in [0, 0.1) is 0 Å². The van der Waals surface area contributed by atoms with Gasteiger partial charge < -0.3 is 25.4 Å². The van der Waals surface area contributed by atoms with Crippen molar-refractivity contribution in [1.82, 2.24) is 9.97 Å². The van der Waals surface area contributed by atoms with Gasteiger partial charge in [0.2, 0.25) is 5.95 Å². The lowest BCUT2D eigenvalue weighted by Crippen LogP contribution is -2.58. The second kappa shape index (κ2) is 7.77. The predicted octanol–water partition coefficient (Wildman–Crippen LogP) is 1.13. The summed E-state index contributed by atoms with van der Waals surface area (Å²) in [5.41, 5.74) is -0.539. The van der Waals surface area contributed by atoms with Crippen LogP contribution >= 0.6 is 0 Å². The van der Waals surface area contributed by atoms with Gasteiger partial charge in [-0.2, -0.15) is 13.2 Å². The van der Waals surface area contributed by atoms with Crippen molar-refractivity contribution in [2.24, 2.45) is 0 Å². The molecule has 1 aliphatic heterocycles. The molecule has 0 saturated carbocycles. The Morgan fingerprint density at radius 2 is 1.78 bits per heavy atom. The first-order chi connectivity index (χ1) is 12.8. The van der Waals surface area contributed by atoms with Crippen LogP contribution in [-0.4, -0.2) is 56.2 Å². The minimum absolute atomic E-state index is 0.368. The smallest absolute Gasteiger partial charge is 0.394 e. The number of halogens is 3. The van der Waals surface area contributed by atoms with Crippen molar-refractivity contribution < 1.29 is 33.2 Å². The SMILES string of the molecule is OC[C@H]1O[C@@H](c2ccccc2)[C@H](Nc2nccc(C(F)(F)F)n2)[C@@H](O)[C@H]1O. The monoisotopic (exact) mass is 385 g/mol. The van der Waals surface area contributed by atoms with Crippen molar-refractivity contribution >= 4 is 5.95 Å². The van der Waals surface area contributed by atoms with Gasteiger partial charge in [-0.25, -0.2) is 9.97 Å². The number of ether oxygens (including phenoxy) is 1. The number of hydrogen-bond acceptors (Lipinski definition) is 7. The Labute approximate surface area is 152 Å². The lowest BCUT2D eigenvalue weighted by Gasteiger charge is -2.43. The maximum absolute atomic E-state index is 12.9. The standard InChI is InChI=1S/C17H18F3N3O4/c18-17(19,20)11-6-7-21-16(22-11)23-12-14(26)13(25)10(8-24)27-15(12)9-4-2-1-3-5-9/h1-7,10,12-15,24-26H,8H2,(H,21,22,23)/t10-,12-,13+,14-,15+/m1/s1. The molecule has 1 saturated heterocycles. The molecule has 0 spiro atoms. The zero-order valence-corrected chi connectivity index (χ0v) is 13.9. The van der Waals surface area contributed by atoms with E-state index in [1.54, 1.807) is 30.3 Å². The molecule has 2 heterocycles. The number of aliphatic hydroxyl groups excluding tert-OH is 3. The second-order valence-corrected chi connectivity index (χ2v) is 6.10. The highest BCUT2D eigenvalue weighted by atomic mass is 19.4. The third kappa shape index (κ3) is 4.19. The van der Waals surface area contributed by atoms with Gasteiger partial charge in [0.1, 0.15) is 30.1 Å². The molecule has 3 rings (SSSR count). The van der Waals surface area contributed by atoms with Gasteiger partial charge in [-0.1, -0.05) is 30.3 Å². The molecule has 1 aromatic heterocycles. The molecular weight excluding hydrogens is 367 g/mol. The number of rotatable bonds is 4. The van der Waals surface area contributed by atoms with Gasteiger partial charge in [0.05, 0.1) is 12.6 Å². The molecule has 0 amide bonds. The van der Waals surface area contributed by atoms with Gasteiger partial charge in [0, 0.05) is 6.20 Å². The van der Waals surface area contributed by atoms with Crippen molar-refractivity contribution in [3.05, 3.63) is 53.9 Å². The van der Waals surface area contributed by atoms with Crippen LogP contribution in [0.5, 0.6) is 0 Å². The first-order valence-corrected chi connectivity index (χ1v) is 8.15. The van der Waals surface area contributed by atoms with Gasteiger partial charge in [-0.05, 0) is 11.6 Å². The molecule has 0 bridgehead atoms. The van der Waals surface area contributed by atoms with Crippen LogP contribution in [0.4, 0.5) is 19.1 Å². The molecule has 1 aromatic carbocycles. The largest absolute Gasteiger partial charge is 0.433 e. The van der Waals surface area contributed by atoms with Crippen molar-refractivity contribution in [2.75, 3.05) is 11.9 Å². The molecule has 0 aliphatic carbocycles. The van der Waals surface area contributed by atoms with Crippen molar-refractivity contribution in [1.29, 1.82) is 0 Å². The van der Waals surface area contributed by atoms with Crippen LogP contribution in [0.2, 0.25) is 0 Å². The topological polar surface area (TPSA) is 108 Å². The zero-order valence-electron chi connectivity index (χ0n) is 13.9. The molecule has 0 unspecified atom stereocenters. The number of hydrogen-bond donors (Lipinski definition) is 4. The highest BCUT2D eigenvalue weighted by Crippen LogP contribution is 2.34. The van der Waals surface area contributed by atoms with E-state index in [0.29, 0.717) is 5.56 Å². The third-order valence-corrected chi connectivity index (χ3v) is 4.30. The van der Waals surface area contributed by atoms with E-state index in [9.17, 15) is 28.5 Å². The molecular formula is C17H18F3N3O4. The summed E-state index contributed by atoms with van der Waals surface area (Å²) in [6.07, 6.45) is -8.51. The van der Waals surface area contributed by atoms with E-state index in [-0.39, 0.29) is 5.95 Å². The lowest BCUT2D eigenvalue weighted by atomic mass is 9.89. The molecule has 27 heavy (non-hydrogen) atoms. The van der Waals surface area contributed by atoms with E-state index < -0.39 is 48.9 Å². The molecule has 7 nitrogen and oxygen atoms in total. The average molecular weight is 385 g/mol. The van der Waals surface area contributed by atoms with Crippen molar-refractivity contribution in [3.8, 4) is 0 Å². The maximum atomic E-state index is 12.9. The van der Waals surface area contributed by atoms with Gasteiger partial charge in [0.25, 0.3) is 0 Å². The maximum Gasteiger partial charge on any atom is 0.433 e. The Kier molecular flexibility index (Phi) is 5.61. The molecule has 1 aliphatic rings. The van der Waals surface area contributed by atoms with E-state index >= 15 is 0 Å². The van der Waals surface area contributed by atoms with E-state index in [1.807, 2.05) is 0 Å². The number of benzene rings is 1. The van der Waals surface area contributed by atoms with Gasteiger partial charge in [-0.15, -0.1) is 0 Å². The fraction of sp³-hybridized carbons (Fsp3) is 0.412. The Morgan fingerprint density at radius 3 is 2.41 bits per heavy atom. The summed E-state index contributed by atoms with van der Waals surface area (Å²) < 4.78 is 44.3.